The minimum atomic E-state index is -0.939. The number of rotatable bonds is 7. The Bertz CT molecular complexity index is 1230. The number of carboxylic acids is 1. The number of fused-ring (bicyclic) bond motifs is 1. The number of anilines is 1. The third-order valence-electron chi connectivity index (χ3n) is 7.42. The fraction of sp³-hybridized carbons (Fsp3) is 0.429. The van der Waals surface area contributed by atoms with Gasteiger partial charge in [-0.15, -0.1) is 0 Å². The molecule has 2 aromatic heterocycles. The Morgan fingerprint density at radius 2 is 1.77 bits per heavy atom. The molecule has 4 N–H and O–H groups in total. The van der Waals surface area contributed by atoms with Crippen molar-refractivity contribution in [3.63, 3.8) is 0 Å². The molecule has 2 aliphatic carbocycles. The third kappa shape index (κ3) is 6.97. The summed E-state index contributed by atoms with van der Waals surface area (Å²) in [4.78, 5) is 17.3. The highest BCUT2D eigenvalue weighted by atomic mass is 35.5. The van der Waals surface area contributed by atoms with Crippen LogP contribution in [0.2, 0.25) is 10.0 Å². The first kappa shape index (κ1) is 29.0. The highest BCUT2D eigenvalue weighted by Gasteiger charge is 2.35. The van der Waals surface area contributed by atoms with Crippen LogP contribution in [0.4, 0.5) is 5.82 Å². The summed E-state index contributed by atoms with van der Waals surface area (Å²) in [5, 5.41) is 32.1. The van der Waals surface area contributed by atoms with Gasteiger partial charge in [0.2, 0.25) is 0 Å². The van der Waals surface area contributed by atoms with Crippen molar-refractivity contribution in [1.82, 2.24) is 15.0 Å². The van der Waals surface area contributed by atoms with Gasteiger partial charge in [0.15, 0.2) is 0 Å². The first-order chi connectivity index (χ1) is 18.9. The molecule has 3 aromatic rings. The van der Waals surface area contributed by atoms with E-state index in [1.165, 1.54) is 38.5 Å². The molecular weight excluding hydrogens is 541 g/mol. The van der Waals surface area contributed by atoms with Gasteiger partial charge in [-0.1, -0.05) is 40.8 Å². The number of carboxylic acid groups (broad SMARTS) is 1. The maximum Gasteiger partial charge on any atom is 0.337 e. The molecule has 3 heterocycles. The minimum Gasteiger partial charge on any atom is -0.478 e. The summed E-state index contributed by atoms with van der Waals surface area (Å²) in [5.74, 6) is 2.74. The number of halogens is 2. The van der Waals surface area contributed by atoms with Crippen LogP contribution in [-0.4, -0.2) is 57.7 Å². The molecule has 9 nitrogen and oxygen atoms in total. The molecule has 3 aliphatic rings. The van der Waals surface area contributed by atoms with Gasteiger partial charge in [-0.2, -0.15) is 0 Å². The lowest BCUT2D eigenvalue weighted by Gasteiger charge is -2.17. The number of nitrogens with one attached hydrogen (secondary N) is 2. The summed E-state index contributed by atoms with van der Waals surface area (Å²) < 4.78 is 5.35. The van der Waals surface area contributed by atoms with E-state index in [0.717, 1.165) is 42.9 Å². The summed E-state index contributed by atoms with van der Waals surface area (Å²) in [6.45, 7) is 5.55. The number of likely N-dealkylation sites (tertiary alicyclic amines) is 1. The molecule has 6 rings (SSSR count). The van der Waals surface area contributed by atoms with E-state index in [0.29, 0.717) is 32.8 Å². The average Bonchev–Trinajstić information content (AvgIpc) is 3.36. The van der Waals surface area contributed by atoms with Crippen molar-refractivity contribution in [1.29, 1.82) is 5.41 Å². The number of nitrogens with zero attached hydrogens (tertiary/aromatic N) is 3. The van der Waals surface area contributed by atoms with Gasteiger partial charge in [0.1, 0.15) is 17.3 Å². The molecule has 0 unspecified atom stereocenters. The van der Waals surface area contributed by atoms with Crippen molar-refractivity contribution in [2.45, 2.75) is 44.6 Å². The Morgan fingerprint density at radius 1 is 1.10 bits per heavy atom. The van der Waals surface area contributed by atoms with Gasteiger partial charge >= 0.3 is 5.97 Å². The van der Waals surface area contributed by atoms with Crippen molar-refractivity contribution >= 4 is 41.7 Å². The Kier molecular flexibility index (Phi) is 9.96. The van der Waals surface area contributed by atoms with Crippen LogP contribution < -0.4 is 5.32 Å². The van der Waals surface area contributed by atoms with Crippen molar-refractivity contribution in [2.24, 2.45) is 11.8 Å². The van der Waals surface area contributed by atoms with Gasteiger partial charge in [0, 0.05) is 36.3 Å². The number of benzene rings is 1. The predicted octanol–water partition coefficient (Wildman–Crippen LogP) is 6.16. The molecule has 0 spiro atoms. The number of hydrogen-bond acceptors (Lipinski definition) is 8. The molecule has 0 bridgehead atoms. The lowest BCUT2D eigenvalue weighted by Crippen LogP contribution is -2.28. The van der Waals surface area contributed by atoms with Gasteiger partial charge in [0.25, 0.3) is 0 Å². The molecule has 1 saturated heterocycles. The first-order valence-electron chi connectivity index (χ1n) is 13.0. The van der Waals surface area contributed by atoms with Crippen molar-refractivity contribution in [3.05, 3.63) is 63.5 Å². The van der Waals surface area contributed by atoms with Crippen LogP contribution in [-0.2, 0) is 6.61 Å². The summed E-state index contributed by atoms with van der Waals surface area (Å²) in [5.41, 5.74) is 2.10. The normalized spacial score (nSPS) is 19.9. The number of aliphatic hydroxyl groups excluding tert-OH is 1. The molecule has 11 heteroatoms. The van der Waals surface area contributed by atoms with E-state index in [4.69, 9.17) is 38.2 Å². The monoisotopic (exact) mass is 573 g/mol. The van der Waals surface area contributed by atoms with Crippen LogP contribution >= 0.6 is 23.2 Å². The van der Waals surface area contributed by atoms with E-state index in [2.05, 4.69) is 27.1 Å². The zero-order valence-corrected chi connectivity index (χ0v) is 23.1. The zero-order valence-electron chi connectivity index (χ0n) is 21.6. The molecule has 39 heavy (non-hydrogen) atoms. The van der Waals surface area contributed by atoms with E-state index in [1.54, 1.807) is 30.3 Å². The molecular formula is C28H33Cl2N5O4. The summed E-state index contributed by atoms with van der Waals surface area (Å²) in [7, 11) is 0. The second kappa shape index (κ2) is 13.4. The first-order valence-corrected chi connectivity index (χ1v) is 13.7. The van der Waals surface area contributed by atoms with Crippen molar-refractivity contribution in [3.8, 4) is 11.3 Å². The second-order valence-electron chi connectivity index (χ2n) is 9.96. The van der Waals surface area contributed by atoms with Gasteiger partial charge in [-0.05, 0) is 68.5 Å². The second-order valence-corrected chi connectivity index (χ2v) is 10.8. The van der Waals surface area contributed by atoms with Gasteiger partial charge in [-0.3, -0.25) is 4.90 Å². The molecule has 2 atom stereocenters. The maximum absolute atomic E-state index is 10.7. The number of carbonyl (C=O) groups is 1. The summed E-state index contributed by atoms with van der Waals surface area (Å²) >= 11 is 12.3. The Labute approximate surface area is 237 Å². The maximum atomic E-state index is 10.7. The highest BCUT2D eigenvalue weighted by Crippen LogP contribution is 2.45. The predicted molar refractivity (Wildman–Crippen MR) is 152 cm³/mol. The number of aromatic nitrogens is 2. The number of aliphatic hydroxyl groups is 1. The smallest absolute Gasteiger partial charge is 0.337 e. The van der Waals surface area contributed by atoms with Crippen LogP contribution in [0.1, 0.15) is 59.7 Å². The number of pyridine rings is 1. The van der Waals surface area contributed by atoms with Gasteiger partial charge in [0.05, 0.1) is 28.9 Å². The van der Waals surface area contributed by atoms with Gasteiger partial charge < -0.3 is 25.5 Å². The van der Waals surface area contributed by atoms with Crippen LogP contribution in [0.15, 0.2) is 41.1 Å². The fourth-order valence-electron chi connectivity index (χ4n) is 5.34. The summed E-state index contributed by atoms with van der Waals surface area (Å²) in [6, 6.07) is 8.57. The molecule has 2 saturated carbocycles. The summed E-state index contributed by atoms with van der Waals surface area (Å²) in [6.07, 6.45) is 7.72. The van der Waals surface area contributed by atoms with Gasteiger partial charge in [-0.25, -0.2) is 9.78 Å². The quantitative estimate of drug-likeness (QED) is 0.246. The van der Waals surface area contributed by atoms with Crippen molar-refractivity contribution in [2.75, 3.05) is 25.1 Å². The highest BCUT2D eigenvalue weighted by molar-refractivity contribution is 6.39. The standard InChI is InChI=1S/C14H19N3O2.C13H11Cl2NO2.CH3N/c18-14(19)10-4-5-13(15-6-10)16-9-17-7-11-2-1-3-12(11)8-17;14-9-2-1-3-10(15)11(9)12-8(6-17)13(18-16-12)7-4-5-7;1-2/h4-6,11-12H,1-3,7-9H2,(H,15,16)(H,18,19);1-3,7,17H,4-6H2;2H,1H2/t11-,12+;;. The molecule has 208 valence electrons. The lowest BCUT2D eigenvalue weighted by molar-refractivity contribution is 0.0696. The van der Waals surface area contributed by atoms with Crippen molar-refractivity contribution < 1.29 is 19.5 Å². The average molecular weight is 575 g/mol. The topological polar surface area (TPSA) is 136 Å². The van der Waals surface area contributed by atoms with E-state index in [-0.39, 0.29) is 12.2 Å². The van der Waals surface area contributed by atoms with E-state index < -0.39 is 5.97 Å². The minimum absolute atomic E-state index is 0.119. The largest absolute Gasteiger partial charge is 0.478 e. The zero-order chi connectivity index (χ0) is 27.9. The molecule has 0 amide bonds. The van der Waals surface area contributed by atoms with E-state index in [1.807, 2.05) is 0 Å². The SMILES string of the molecule is C=N.O=C(O)c1ccc(NCN2C[C@H]3CCC[C@H]3C2)nc1.OCc1c(-c2c(Cl)cccc2Cl)noc1C1CC1. The number of hydrogen-bond donors (Lipinski definition) is 4. The van der Waals surface area contributed by atoms with Crippen LogP contribution in [0.5, 0.6) is 0 Å². The Morgan fingerprint density at radius 3 is 2.31 bits per heavy atom. The molecule has 1 aromatic carbocycles. The Balaban J connectivity index is 0.000000170. The van der Waals surface area contributed by atoms with E-state index in [9.17, 15) is 9.90 Å². The fourth-order valence-corrected chi connectivity index (χ4v) is 5.92. The Hall–Kier alpha value is -2.98. The van der Waals surface area contributed by atoms with Crippen LogP contribution in [0.25, 0.3) is 11.3 Å². The number of aromatic carboxylic acids is 1. The van der Waals surface area contributed by atoms with Crippen LogP contribution in [0.3, 0.4) is 0 Å². The molecule has 3 fully saturated rings. The third-order valence-corrected chi connectivity index (χ3v) is 8.05. The molecule has 1 aliphatic heterocycles. The van der Waals surface area contributed by atoms with E-state index >= 15 is 0 Å². The van der Waals surface area contributed by atoms with Crippen LogP contribution in [0, 0.1) is 17.2 Å². The molecule has 0 radical (unpaired) electrons. The lowest BCUT2D eigenvalue weighted by atomic mass is 10.0.